The first-order chi connectivity index (χ1) is 3.15. The molecule has 0 aliphatic carbocycles. The molecule has 6 heteroatoms. The first-order valence-electron chi connectivity index (χ1n) is 1.95. The third-order valence-electron chi connectivity index (χ3n) is 0. The Bertz CT molecular complexity index is 51.8. The number of rotatable bonds is 0. The summed E-state index contributed by atoms with van der Waals surface area (Å²) < 4.78 is 0. The molecule has 0 saturated carbocycles. The number of aliphatic carboxylic acids is 1. The van der Waals surface area contributed by atoms with Crippen molar-refractivity contribution in [1.82, 2.24) is 0 Å². The Kier molecular flexibility index (Phi) is 102. The normalized spacial score (nSPS) is 4.30. The van der Waals surface area contributed by atoms with Crippen molar-refractivity contribution >= 4 is 18.4 Å². The molecule has 0 atom stereocenters. The molecule has 0 unspecified atom stereocenters. The van der Waals surface area contributed by atoms with Crippen LogP contribution in [0.4, 0.5) is 0 Å². The van der Waals surface area contributed by atoms with Gasteiger partial charge in [0.25, 0.3) is 5.97 Å². The Morgan fingerprint density at radius 3 is 1.50 bits per heavy atom. The van der Waals surface area contributed by atoms with Crippen LogP contribution in [-0.2, 0) is 38.6 Å². The molecule has 0 bridgehead atoms. The van der Waals surface area contributed by atoms with Crippen LogP contribution < -0.4 is 0 Å². The van der Waals surface area contributed by atoms with E-state index >= 15 is 0 Å². The fourth-order valence-corrected chi connectivity index (χ4v) is 0. The second-order valence-electron chi connectivity index (χ2n) is 0.835. The predicted molar refractivity (Wildman–Crippen MR) is 33.3 cm³/mol. The zero-order valence-electron chi connectivity index (χ0n) is 5.63. The molecule has 68 valence electrons. The molecule has 0 heterocycles. The van der Waals surface area contributed by atoms with Gasteiger partial charge in [-0.1, -0.05) is 0 Å². The molecular formula is C4H11ClCoMnO3. The third kappa shape index (κ3) is 943. The van der Waals surface area contributed by atoms with E-state index < -0.39 is 5.97 Å². The molecule has 2 radical (unpaired) electrons. The van der Waals surface area contributed by atoms with Crippen molar-refractivity contribution in [3.05, 3.63) is 0 Å². The number of hydrogen-bond donors (Lipinski definition) is 2. The molecule has 0 saturated heterocycles. The fourth-order valence-electron chi connectivity index (χ4n) is 0. The largest absolute Gasteiger partial charge is 0.481 e. The molecule has 10 heavy (non-hydrogen) atoms. The van der Waals surface area contributed by atoms with Gasteiger partial charge in [-0.2, -0.15) is 0 Å². The summed E-state index contributed by atoms with van der Waals surface area (Å²) in [6, 6.07) is 0. The average Bonchev–Trinajstić information content (AvgIpc) is 1.33. The van der Waals surface area contributed by atoms with Crippen molar-refractivity contribution < 1.29 is 48.9 Å². The fraction of sp³-hybridized carbons (Fsp3) is 0.750. The Labute approximate surface area is 87.7 Å². The van der Waals surface area contributed by atoms with Gasteiger partial charge in [0.05, 0.1) is 0 Å². The standard InChI is InChI=1S/C2H4O2.C2H6O.ClH.Co.Mn/c1-2(3)4;1-2-3;;;/h1H3,(H,3,4);3H,2H2,1H3;1H;;. The van der Waals surface area contributed by atoms with E-state index in [1.165, 1.54) is 0 Å². The number of carbonyl (C=O) groups is 1. The SMILES string of the molecule is CC(=O)O.CCO.Cl.[Co].[Mn]. The zero-order chi connectivity index (χ0) is 6.28. The number of carboxylic acid groups (broad SMARTS) is 1. The second kappa shape index (κ2) is 33.1. The monoisotopic (exact) mass is 256 g/mol. The number of aliphatic hydroxyl groups is 1. The molecule has 0 aliphatic rings. The van der Waals surface area contributed by atoms with E-state index in [0.29, 0.717) is 0 Å². The van der Waals surface area contributed by atoms with Gasteiger partial charge in [0.1, 0.15) is 0 Å². The van der Waals surface area contributed by atoms with Crippen molar-refractivity contribution in [3.8, 4) is 0 Å². The number of carboxylic acids is 1. The van der Waals surface area contributed by atoms with E-state index in [1.807, 2.05) is 0 Å². The maximum Gasteiger partial charge on any atom is 0.300 e. The summed E-state index contributed by atoms with van der Waals surface area (Å²) >= 11 is 0. The first-order valence-corrected chi connectivity index (χ1v) is 1.95. The number of aliphatic hydroxyl groups excluding tert-OH is 1. The van der Waals surface area contributed by atoms with E-state index in [2.05, 4.69) is 0 Å². The van der Waals surface area contributed by atoms with Gasteiger partial charge in [0, 0.05) is 47.4 Å². The van der Waals surface area contributed by atoms with Gasteiger partial charge in [0.2, 0.25) is 0 Å². The number of halogens is 1. The minimum Gasteiger partial charge on any atom is -0.481 e. The Balaban J connectivity index is -0.0000000131. The quantitative estimate of drug-likeness (QED) is 0.621. The van der Waals surface area contributed by atoms with Crippen molar-refractivity contribution in [2.24, 2.45) is 0 Å². The van der Waals surface area contributed by atoms with Crippen LogP contribution >= 0.6 is 12.4 Å². The maximum absolute atomic E-state index is 9.00. The molecule has 0 aliphatic heterocycles. The molecule has 0 rings (SSSR count). The molecule has 0 aromatic heterocycles. The minimum absolute atomic E-state index is 0. The molecule has 0 aromatic rings. The average molecular weight is 256 g/mol. The van der Waals surface area contributed by atoms with Crippen LogP contribution in [0.15, 0.2) is 0 Å². The Morgan fingerprint density at radius 1 is 1.50 bits per heavy atom. The van der Waals surface area contributed by atoms with E-state index in [1.54, 1.807) is 6.92 Å². The molecule has 0 aromatic carbocycles. The molecule has 0 spiro atoms. The molecular weight excluding hydrogens is 245 g/mol. The molecule has 0 fully saturated rings. The topological polar surface area (TPSA) is 57.5 Å². The Morgan fingerprint density at radius 2 is 1.50 bits per heavy atom. The summed E-state index contributed by atoms with van der Waals surface area (Å²) in [5, 5.41) is 15.0. The van der Waals surface area contributed by atoms with Crippen molar-refractivity contribution in [2.45, 2.75) is 13.8 Å². The summed E-state index contributed by atoms with van der Waals surface area (Å²) in [6.07, 6.45) is 0. The van der Waals surface area contributed by atoms with E-state index in [-0.39, 0.29) is 52.9 Å². The van der Waals surface area contributed by atoms with Crippen LogP contribution in [0.1, 0.15) is 13.8 Å². The van der Waals surface area contributed by atoms with Crippen molar-refractivity contribution in [1.29, 1.82) is 0 Å². The van der Waals surface area contributed by atoms with E-state index in [0.717, 1.165) is 6.92 Å². The van der Waals surface area contributed by atoms with Crippen molar-refractivity contribution in [2.75, 3.05) is 6.61 Å². The molecule has 2 N–H and O–H groups in total. The van der Waals surface area contributed by atoms with E-state index in [9.17, 15) is 0 Å². The predicted octanol–water partition coefficient (Wildman–Crippen LogP) is 0.506. The van der Waals surface area contributed by atoms with Crippen LogP contribution in [0.2, 0.25) is 0 Å². The second-order valence-corrected chi connectivity index (χ2v) is 0.835. The number of hydrogen-bond acceptors (Lipinski definition) is 2. The third-order valence-corrected chi connectivity index (χ3v) is 0. The van der Waals surface area contributed by atoms with Crippen LogP contribution in [-0.4, -0.2) is 22.8 Å². The summed E-state index contributed by atoms with van der Waals surface area (Å²) in [5.41, 5.74) is 0. The van der Waals surface area contributed by atoms with Gasteiger partial charge in [-0.05, 0) is 6.92 Å². The van der Waals surface area contributed by atoms with Crippen LogP contribution in [0.3, 0.4) is 0 Å². The van der Waals surface area contributed by atoms with Gasteiger partial charge in [-0.3, -0.25) is 4.79 Å². The minimum atomic E-state index is -0.833. The summed E-state index contributed by atoms with van der Waals surface area (Å²) in [7, 11) is 0. The molecule has 0 amide bonds. The van der Waals surface area contributed by atoms with Crippen LogP contribution in [0.5, 0.6) is 0 Å². The van der Waals surface area contributed by atoms with Gasteiger partial charge >= 0.3 is 0 Å². The zero-order valence-corrected chi connectivity index (χ0v) is 8.67. The smallest absolute Gasteiger partial charge is 0.300 e. The van der Waals surface area contributed by atoms with Gasteiger partial charge in [-0.25, -0.2) is 0 Å². The van der Waals surface area contributed by atoms with Gasteiger partial charge < -0.3 is 10.2 Å². The van der Waals surface area contributed by atoms with Crippen molar-refractivity contribution in [3.63, 3.8) is 0 Å². The summed E-state index contributed by atoms with van der Waals surface area (Å²) in [5.74, 6) is -0.833. The van der Waals surface area contributed by atoms with Crippen LogP contribution in [0.25, 0.3) is 0 Å². The van der Waals surface area contributed by atoms with Crippen LogP contribution in [0, 0.1) is 0 Å². The van der Waals surface area contributed by atoms with E-state index in [4.69, 9.17) is 15.0 Å². The molecule has 3 nitrogen and oxygen atoms in total. The summed E-state index contributed by atoms with van der Waals surface area (Å²) in [6.45, 7) is 3.01. The maximum atomic E-state index is 9.00. The first kappa shape index (κ1) is 30.9. The van der Waals surface area contributed by atoms with Gasteiger partial charge in [-0.15, -0.1) is 12.4 Å². The Hall–Kier alpha value is 0.746. The summed E-state index contributed by atoms with van der Waals surface area (Å²) in [4.78, 5) is 9.00. The van der Waals surface area contributed by atoms with Gasteiger partial charge in [0.15, 0.2) is 0 Å².